The Morgan fingerprint density at radius 3 is 2.62 bits per heavy atom. The van der Waals surface area contributed by atoms with Crippen molar-refractivity contribution in [2.24, 2.45) is 0 Å². The number of furan rings is 1. The molecule has 0 bridgehead atoms. The Labute approximate surface area is 167 Å². The first kappa shape index (κ1) is 19.7. The van der Waals surface area contributed by atoms with Gasteiger partial charge in [-0.1, -0.05) is 24.3 Å². The van der Waals surface area contributed by atoms with Crippen LogP contribution in [0, 0.1) is 11.3 Å². The fourth-order valence-electron chi connectivity index (χ4n) is 2.61. The van der Waals surface area contributed by atoms with Gasteiger partial charge >= 0.3 is 0 Å². The second-order valence-corrected chi connectivity index (χ2v) is 6.16. The minimum atomic E-state index is -0.872. The van der Waals surface area contributed by atoms with E-state index in [1.54, 1.807) is 67.6 Å². The number of nitrogens with one attached hydrogen (secondary N) is 2. The van der Waals surface area contributed by atoms with Crippen molar-refractivity contribution in [1.29, 1.82) is 5.26 Å². The standard InChI is InChI=1S/C22H19N3O4/c1-15(29-20-11-5-2-7-16(20)13-23)21(26)25-19-10-4-3-9-18(19)22(27)24-14-17-8-6-12-28-17/h2-12,15H,14H2,1H3,(H,24,27)(H,25,26). The Kier molecular flexibility index (Phi) is 6.28. The van der Waals surface area contributed by atoms with Gasteiger partial charge in [-0.25, -0.2) is 0 Å². The molecule has 0 aliphatic heterocycles. The second kappa shape index (κ2) is 9.24. The molecular formula is C22H19N3O4. The number of hydrogen-bond donors (Lipinski definition) is 2. The van der Waals surface area contributed by atoms with Crippen molar-refractivity contribution >= 4 is 17.5 Å². The monoisotopic (exact) mass is 389 g/mol. The first-order valence-corrected chi connectivity index (χ1v) is 8.94. The third kappa shape index (κ3) is 5.02. The number of ether oxygens (including phenoxy) is 1. The predicted molar refractivity (Wildman–Crippen MR) is 106 cm³/mol. The molecule has 1 heterocycles. The fourth-order valence-corrected chi connectivity index (χ4v) is 2.61. The summed E-state index contributed by atoms with van der Waals surface area (Å²) in [6.45, 7) is 1.81. The van der Waals surface area contributed by atoms with Crippen LogP contribution in [0.3, 0.4) is 0 Å². The van der Waals surface area contributed by atoms with E-state index in [1.165, 1.54) is 6.26 Å². The molecule has 0 saturated heterocycles. The fraction of sp³-hybridized carbons (Fsp3) is 0.136. The molecule has 0 saturated carbocycles. The highest BCUT2D eigenvalue weighted by Crippen LogP contribution is 2.20. The van der Waals surface area contributed by atoms with Gasteiger partial charge < -0.3 is 19.8 Å². The summed E-state index contributed by atoms with van der Waals surface area (Å²) in [5.74, 6) is 0.157. The first-order chi connectivity index (χ1) is 14.1. The number of hydrogen-bond acceptors (Lipinski definition) is 5. The molecule has 29 heavy (non-hydrogen) atoms. The third-order valence-corrected chi connectivity index (χ3v) is 4.11. The number of para-hydroxylation sites is 2. The molecular weight excluding hydrogens is 370 g/mol. The normalized spacial score (nSPS) is 11.2. The van der Waals surface area contributed by atoms with E-state index < -0.39 is 12.0 Å². The average molecular weight is 389 g/mol. The number of anilines is 1. The van der Waals surface area contributed by atoms with Crippen molar-refractivity contribution in [3.05, 3.63) is 83.8 Å². The van der Waals surface area contributed by atoms with Crippen LogP contribution in [-0.4, -0.2) is 17.9 Å². The minimum Gasteiger partial charge on any atom is -0.480 e. The van der Waals surface area contributed by atoms with Crippen LogP contribution in [0.2, 0.25) is 0 Å². The molecule has 2 N–H and O–H groups in total. The van der Waals surface area contributed by atoms with Crippen LogP contribution in [-0.2, 0) is 11.3 Å². The molecule has 2 amide bonds. The predicted octanol–water partition coefficient (Wildman–Crippen LogP) is 3.49. The molecule has 2 aromatic carbocycles. The third-order valence-electron chi connectivity index (χ3n) is 4.11. The van der Waals surface area contributed by atoms with Crippen molar-refractivity contribution < 1.29 is 18.7 Å². The molecule has 0 spiro atoms. The molecule has 0 fully saturated rings. The summed E-state index contributed by atoms with van der Waals surface area (Å²) in [6.07, 6.45) is 0.658. The topological polar surface area (TPSA) is 104 Å². The van der Waals surface area contributed by atoms with Crippen molar-refractivity contribution in [2.45, 2.75) is 19.6 Å². The minimum absolute atomic E-state index is 0.235. The van der Waals surface area contributed by atoms with Crippen LogP contribution in [0.4, 0.5) is 5.69 Å². The van der Waals surface area contributed by atoms with E-state index >= 15 is 0 Å². The summed E-state index contributed by atoms with van der Waals surface area (Å²) in [7, 11) is 0. The zero-order chi connectivity index (χ0) is 20.6. The summed E-state index contributed by atoms with van der Waals surface area (Å²) in [5.41, 5.74) is 1.01. The maximum absolute atomic E-state index is 12.6. The van der Waals surface area contributed by atoms with Crippen molar-refractivity contribution in [3.63, 3.8) is 0 Å². The molecule has 3 aromatic rings. The number of carbonyl (C=O) groups is 2. The highest BCUT2D eigenvalue weighted by atomic mass is 16.5. The quantitative estimate of drug-likeness (QED) is 0.644. The van der Waals surface area contributed by atoms with Crippen LogP contribution >= 0.6 is 0 Å². The Hall–Kier alpha value is -4.05. The molecule has 7 nitrogen and oxygen atoms in total. The number of nitrogens with zero attached hydrogens (tertiary/aromatic N) is 1. The van der Waals surface area contributed by atoms with Gasteiger partial charge in [-0.05, 0) is 43.3 Å². The number of rotatable bonds is 7. The molecule has 0 aliphatic carbocycles. The Balaban J connectivity index is 1.67. The lowest BCUT2D eigenvalue weighted by atomic mass is 10.1. The van der Waals surface area contributed by atoms with E-state index in [0.29, 0.717) is 28.3 Å². The van der Waals surface area contributed by atoms with Gasteiger partial charge in [0.15, 0.2) is 6.10 Å². The van der Waals surface area contributed by atoms with Gasteiger partial charge in [0.1, 0.15) is 17.6 Å². The zero-order valence-electron chi connectivity index (χ0n) is 15.7. The Morgan fingerprint density at radius 1 is 1.10 bits per heavy atom. The molecule has 146 valence electrons. The molecule has 0 radical (unpaired) electrons. The van der Waals surface area contributed by atoms with Crippen LogP contribution in [0.25, 0.3) is 0 Å². The number of benzene rings is 2. The highest BCUT2D eigenvalue weighted by Gasteiger charge is 2.19. The lowest BCUT2D eigenvalue weighted by molar-refractivity contribution is -0.122. The van der Waals surface area contributed by atoms with Crippen molar-refractivity contribution in [2.75, 3.05) is 5.32 Å². The SMILES string of the molecule is CC(Oc1ccccc1C#N)C(=O)Nc1ccccc1C(=O)NCc1ccco1. The van der Waals surface area contributed by atoms with Crippen molar-refractivity contribution in [1.82, 2.24) is 5.32 Å². The van der Waals surface area contributed by atoms with Crippen LogP contribution in [0.1, 0.15) is 28.6 Å². The molecule has 0 aliphatic rings. The average Bonchev–Trinajstić information content (AvgIpc) is 3.26. The maximum Gasteiger partial charge on any atom is 0.265 e. The zero-order valence-corrected chi connectivity index (χ0v) is 15.7. The lowest BCUT2D eigenvalue weighted by Gasteiger charge is -2.17. The van der Waals surface area contributed by atoms with Gasteiger partial charge in [0.2, 0.25) is 0 Å². The van der Waals surface area contributed by atoms with Crippen molar-refractivity contribution in [3.8, 4) is 11.8 Å². The van der Waals surface area contributed by atoms with Gasteiger partial charge in [-0.2, -0.15) is 5.26 Å². The summed E-state index contributed by atoms with van der Waals surface area (Å²) < 4.78 is 10.8. The van der Waals surface area contributed by atoms with Gasteiger partial charge in [0, 0.05) is 0 Å². The van der Waals surface area contributed by atoms with E-state index in [4.69, 9.17) is 14.4 Å². The summed E-state index contributed by atoms with van der Waals surface area (Å²) in [6, 6.07) is 18.9. The summed E-state index contributed by atoms with van der Waals surface area (Å²) >= 11 is 0. The molecule has 3 rings (SSSR count). The van der Waals surface area contributed by atoms with Crippen LogP contribution in [0.15, 0.2) is 71.3 Å². The number of nitriles is 1. The summed E-state index contributed by atoms with van der Waals surface area (Å²) in [4.78, 5) is 25.1. The lowest BCUT2D eigenvalue weighted by Crippen LogP contribution is -2.31. The van der Waals surface area contributed by atoms with E-state index in [1.807, 2.05) is 6.07 Å². The molecule has 7 heteroatoms. The van der Waals surface area contributed by atoms with E-state index in [0.717, 1.165) is 0 Å². The van der Waals surface area contributed by atoms with Gasteiger partial charge in [-0.3, -0.25) is 9.59 Å². The van der Waals surface area contributed by atoms with Gasteiger partial charge in [0.25, 0.3) is 11.8 Å². The van der Waals surface area contributed by atoms with Crippen LogP contribution < -0.4 is 15.4 Å². The molecule has 1 aromatic heterocycles. The summed E-state index contributed by atoms with van der Waals surface area (Å²) in [5, 5.41) is 14.6. The largest absolute Gasteiger partial charge is 0.480 e. The second-order valence-electron chi connectivity index (χ2n) is 6.16. The van der Waals surface area contributed by atoms with Crippen LogP contribution in [0.5, 0.6) is 5.75 Å². The molecule has 1 atom stereocenters. The number of carbonyl (C=O) groups excluding carboxylic acids is 2. The van der Waals surface area contributed by atoms with Gasteiger partial charge in [-0.15, -0.1) is 0 Å². The van der Waals surface area contributed by atoms with E-state index in [-0.39, 0.29) is 12.5 Å². The first-order valence-electron chi connectivity index (χ1n) is 8.94. The van der Waals surface area contributed by atoms with Gasteiger partial charge in [0.05, 0.1) is 29.6 Å². The Morgan fingerprint density at radius 2 is 1.86 bits per heavy atom. The Bertz CT molecular complexity index is 1040. The number of amides is 2. The van der Waals surface area contributed by atoms with E-state index in [9.17, 15) is 9.59 Å². The van der Waals surface area contributed by atoms with E-state index in [2.05, 4.69) is 10.6 Å². The highest BCUT2D eigenvalue weighted by molar-refractivity contribution is 6.04. The smallest absolute Gasteiger partial charge is 0.265 e. The molecule has 1 unspecified atom stereocenters. The maximum atomic E-state index is 12.6.